The summed E-state index contributed by atoms with van der Waals surface area (Å²) in [7, 11) is 0. The molecule has 0 aromatic carbocycles. The molecule has 2 rings (SSSR count). The molecule has 1 fully saturated rings. The highest BCUT2D eigenvalue weighted by Crippen LogP contribution is 2.24. The van der Waals surface area contributed by atoms with E-state index in [-0.39, 0.29) is 18.0 Å². The van der Waals surface area contributed by atoms with Gasteiger partial charge in [-0.1, -0.05) is 6.92 Å². The minimum atomic E-state index is -0.000702. The molecule has 0 aliphatic carbocycles. The molecule has 1 saturated heterocycles. The molecule has 5 nitrogen and oxygen atoms in total. The molecule has 0 bridgehead atoms. The first kappa shape index (κ1) is 14.8. The van der Waals surface area contributed by atoms with Crippen molar-refractivity contribution in [3.63, 3.8) is 0 Å². The van der Waals surface area contributed by atoms with Gasteiger partial charge in [-0.3, -0.25) is 4.79 Å². The van der Waals surface area contributed by atoms with Crippen molar-refractivity contribution in [3.8, 4) is 0 Å². The van der Waals surface area contributed by atoms with Crippen LogP contribution in [0.3, 0.4) is 0 Å². The lowest BCUT2D eigenvalue weighted by Gasteiger charge is -2.38. The molecule has 20 heavy (non-hydrogen) atoms. The van der Waals surface area contributed by atoms with Gasteiger partial charge in [-0.2, -0.15) is 0 Å². The van der Waals surface area contributed by atoms with Gasteiger partial charge < -0.3 is 10.2 Å². The highest BCUT2D eigenvalue weighted by Gasteiger charge is 2.30. The van der Waals surface area contributed by atoms with Crippen LogP contribution >= 0.6 is 0 Å². The number of anilines is 1. The van der Waals surface area contributed by atoms with Crippen LogP contribution in [0.25, 0.3) is 0 Å². The zero-order valence-corrected chi connectivity index (χ0v) is 12.6. The first-order valence-corrected chi connectivity index (χ1v) is 7.52. The smallest absolute Gasteiger partial charge is 0.274 e. The van der Waals surface area contributed by atoms with Crippen LogP contribution in [-0.2, 0) is 0 Å². The monoisotopic (exact) mass is 276 g/mol. The maximum Gasteiger partial charge on any atom is 0.274 e. The van der Waals surface area contributed by atoms with Crippen LogP contribution in [-0.4, -0.2) is 39.4 Å². The van der Waals surface area contributed by atoms with E-state index in [1.54, 1.807) is 12.4 Å². The Hall–Kier alpha value is -1.65. The third kappa shape index (κ3) is 3.26. The SMILES string of the molecule is CCCNc1cnc(C(=O)N2[C@H](C)CCC[C@@H]2C)cn1. The normalized spacial score (nSPS) is 22.6. The second-order valence-electron chi connectivity index (χ2n) is 5.56. The molecule has 1 N–H and O–H groups in total. The number of nitrogens with zero attached hydrogens (tertiary/aromatic N) is 3. The van der Waals surface area contributed by atoms with Crippen LogP contribution in [0, 0.1) is 0 Å². The van der Waals surface area contributed by atoms with E-state index in [0.717, 1.165) is 31.6 Å². The van der Waals surface area contributed by atoms with Crippen LogP contribution in [0.5, 0.6) is 0 Å². The van der Waals surface area contributed by atoms with E-state index in [1.165, 1.54) is 6.42 Å². The largest absolute Gasteiger partial charge is 0.369 e. The van der Waals surface area contributed by atoms with Crippen molar-refractivity contribution in [2.24, 2.45) is 0 Å². The van der Waals surface area contributed by atoms with E-state index in [1.807, 2.05) is 4.90 Å². The molecule has 2 atom stereocenters. The van der Waals surface area contributed by atoms with E-state index < -0.39 is 0 Å². The number of carbonyl (C=O) groups excluding carboxylic acids is 1. The maximum absolute atomic E-state index is 12.5. The number of amides is 1. The van der Waals surface area contributed by atoms with Gasteiger partial charge in [0, 0.05) is 18.6 Å². The first-order valence-electron chi connectivity index (χ1n) is 7.52. The van der Waals surface area contributed by atoms with E-state index in [2.05, 4.69) is 36.1 Å². The molecule has 1 aromatic rings. The second kappa shape index (κ2) is 6.68. The number of likely N-dealkylation sites (tertiary alicyclic amines) is 1. The van der Waals surface area contributed by atoms with Crippen LogP contribution in [0.1, 0.15) is 56.9 Å². The van der Waals surface area contributed by atoms with E-state index in [9.17, 15) is 4.79 Å². The number of piperidine rings is 1. The van der Waals surface area contributed by atoms with E-state index in [0.29, 0.717) is 5.69 Å². The van der Waals surface area contributed by atoms with Gasteiger partial charge in [-0.25, -0.2) is 9.97 Å². The summed E-state index contributed by atoms with van der Waals surface area (Å²) in [6.45, 7) is 7.18. The lowest BCUT2D eigenvalue weighted by molar-refractivity contribution is 0.0504. The highest BCUT2D eigenvalue weighted by atomic mass is 16.2. The Balaban J connectivity index is 2.08. The van der Waals surface area contributed by atoms with Crippen molar-refractivity contribution in [1.82, 2.24) is 14.9 Å². The minimum Gasteiger partial charge on any atom is -0.369 e. The van der Waals surface area contributed by atoms with Crippen LogP contribution in [0.2, 0.25) is 0 Å². The van der Waals surface area contributed by atoms with Gasteiger partial charge in [-0.15, -0.1) is 0 Å². The average molecular weight is 276 g/mol. The molecule has 0 spiro atoms. The van der Waals surface area contributed by atoms with Crippen molar-refractivity contribution < 1.29 is 4.79 Å². The summed E-state index contributed by atoms with van der Waals surface area (Å²) in [6, 6.07) is 0.567. The number of nitrogens with one attached hydrogen (secondary N) is 1. The summed E-state index contributed by atoms with van der Waals surface area (Å²) < 4.78 is 0. The summed E-state index contributed by atoms with van der Waals surface area (Å²) in [5, 5.41) is 3.16. The number of carbonyl (C=O) groups is 1. The molecule has 1 aliphatic heterocycles. The summed E-state index contributed by atoms with van der Waals surface area (Å²) in [5.74, 6) is 0.724. The Labute approximate surface area is 120 Å². The molecule has 1 aliphatic rings. The van der Waals surface area contributed by atoms with Crippen molar-refractivity contribution in [2.75, 3.05) is 11.9 Å². The number of hydrogen-bond acceptors (Lipinski definition) is 4. The predicted octanol–water partition coefficient (Wildman–Crippen LogP) is 2.70. The molecular weight excluding hydrogens is 252 g/mol. The second-order valence-corrected chi connectivity index (χ2v) is 5.56. The summed E-state index contributed by atoms with van der Waals surface area (Å²) in [5.41, 5.74) is 0.438. The average Bonchev–Trinajstić information content (AvgIpc) is 2.45. The van der Waals surface area contributed by atoms with Crippen LogP contribution < -0.4 is 5.32 Å². The van der Waals surface area contributed by atoms with Crippen molar-refractivity contribution in [2.45, 2.75) is 58.5 Å². The number of aromatic nitrogens is 2. The molecule has 1 aromatic heterocycles. The summed E-state index contributed by atoms with van der Waals surface area (Å²) in [4.78, 5) is 23.0. The zero-order valence-electron chi connectivity index (χ0n) is 12.6. The lowest BCUT2D eigenvalue weighted by atomic mass is 9.97. The zero-order chi connectivity index (χ0) is 14.5. The molecule has 1 amide bonds. The van der Waals surface area contributed by atoms with E-state index in [4.69, 9.17) is 0 Å². The fourth-order valence-electron chi connectivity index (χ4n) is 2.74. The highest BCUT2D eigenvalue weighted by molar-refractivity contribution is 5.92. The van der Waals surface area contributed by atoms with Gasteiger partial charge in [0.1, 0.15) is 11.5 Å². The Bertz CT molecular complexity index is 436. The van der Waals surface area contributed by atoms with Gasteiger partial charge in [0.05, 0.1) is 12.4 Å². The molecule has 0 saturated carbocycles. The Kier molecular flexibility index (Phi) is 4.93. The standard InChI is InChI=1S/C15H24N4O/c1-4-8-16-14-10-17-13(9-18-14)15(20)19-11(2)6-5-7-12(19)3/h9-12H,4-8H2,1-3H3,(H,16,18)/t11-,12+. The van der Waals surface area contributed by atoms with Crippen LogP contribution in [0.15, 0.2) is 12.4 Å². The third-order valence-corrected chi connectivity index (χ3v) is 3.86. The number of rotatable bonds is 4. The quantitative estimate of drug-likeness (QED) is 0.918. The lowest BCUT2D eigenvalue weighted by Crippen LogP contribution is -2.47. The third-order valence-electron chi connectivity index (χ3n) is 3.86. The Morgan fingerprint density at radius 1 is 1.30 bits per heavy atom. The Morgan fingerprint density at radius 3 is 2.55 bits per heavy atom. The predicted molar refractivity (Wildman–Crippen MR) is 79.8 cm³/mol. The molecule has 2 heterocycles. The fraction of sp³-hybridized carbons (Fsp3) is 0.667. The first-order chi connectivity index (χ1) is 9.63. The molecular formula is C15H24N4O. The molecule has 0 unspecified atom stereocenters. The van der Waals surface area contributed by atoms with Crippen molar-refractivity contribution in [1.29, 1.82) is 0 Å². The molecule has 5 heteroatoms. The van der Waals surface area contributed by atoms with Crippen LogP contribution in [0.4, 0.5) is 5.82 Å². The van der Waals surface area contributed by atoms with Gasteiger partial charge in [0.25, 0.3) is 5.91 Å². The van der Waals surface area contributed by atoms with E-state index >= 15 is 0 Å². The summed E-state index contributed by atoms with van der Waals surface area (Å²) >= 11 is 0. The van der Waals surface area contributed by atoms with Gasteiger partial charge in [-0.05, 0) is 39.5 Å². The molecule has 110 valence electrons. The van der Waals surface area contributed by atoms with Gasteiger partial charge in [0.2, 0.25) is 0 Å². The Morgan fingerprint density at radius 2 is 2.00 bits per heavy atom. The van der Waals surface area contributed by atoms with Crippen molar-refractivity contribution >= 4 is 11.7 Å². The van der Waals surface area contributed by atoms with Crippen molar-refractivity contribution in [3.05, 3.63) is 18.1 Å². The van der Waals surface area contributed by atoms with Gasteiger partial charge in [0.15, 0.2) is 0 Å². The topological polar surface area (TPSA) is 58.1 Å². The number of hydrogen-bond donors (Lipinski definition) is 1. The fourth-order valence-corrected chi connectivity index (χ4v) is 2.74. The van der Waals surface area contributed by atoms with Gasteiger partial charge >= 0.3 is 0 Å². The maximum atomic E-state index is 12.5. The minimum absolute atomic E-state index is 0.000702. The summed E-state index contributed by atoms with van der Waals surface area (Å²) in [6.07, 6.45) is 7.58. The molecule has 0 radical (unpaired) electrons.